The van der Waals surface area contributed by atoms with E-state index in [1.165, 1.54) is 4.68 Å². The molecular weight excluding hydrogens is 291 g/mol. The summed E-state index contributed by atoms with van der Waals surface area (Å²) in [5.41, 5.74) is -0.262. The van der Waals surface area contributed by atoms with Crippen LogP contribution in [0.1, 0.15) is 23.0 Å². The SMILES string of the molecule is CCc1c(C(=O)[O-])c(=O)cnn1-c1ccccc1Cl.[Na+]. The van der Waals surface area contributed by atoms with E-state index < -0.39 is 11.4 Å². The van der Waals surface area contributed by atoms with E-state index in [9.17, 15) is 14.7 Å². The fourth-order valence-corrected chi connectivity index (χ4v) is 2.08. The Kier molecular flexibility index (Phi) is 5.95. The Bertz CT molecular complexity index is 700. The summed E-state index contributed by atoms with van der Waals surface area (Å²) in [4.78, 5) is 22.7. The molecule has 0 spiro atoms. The number of nitrogens with zero attached hydrogens (tertiary/aromatic N) is 2. The molecule has 1 aromatic carbocycles. The Morgan fingerprint density at radius 2 is 2.05 bits per heavy atom. The van der Waals surface area contributed by atoms with Crippen LogP contribution in [-0.4, -0.2) is 15.7 Å². The minimum absolute atomic E-state index is 0. The van der Waals surface area contributed by atoms with Crippen LogP contribution in [0.2, 0.25) is 5.02 Å². The van der Waals surface area contributed by atoms with Gasteiger partial charge in [-0.15, -0.1) is 0 Å². The molecule has 0 atom stereocenters. The smallest absolute Gasteiger partial charge is 0.545 e. The number of carbonyl (C=O) groups is 1. The molecule has 0 saturated heterocycles. The third-order valence-corrected chi connectivity index (χ3v) is 3.02. The molecule has 1 heterocycles. The predicted molar refractivity (Wildman–Crippen MR) is 68.6 cm³/mol. The second kappa shape index (κ2) is 7.04. The van der Waals surface area contributed by atoms with Crippen LogP contribution < -0.4 is 40.1 Å². The molecule has 0 amide bonds. The zero-order chi connectivity index (χ0) is 14.0. The van der Waals surface area contributed by atoms with Crippen molar-refractivity contribution in [3.8, 4) is 5.69 Å². The summed E-state index contributed by atoms with van der Waals surface area (Å²) < 4.78 is 1.36. The second-order valence-corrected chi connectivity index (χ2v) is 4.24. The van der Waals surface area contributed by atoms with Crippen molar-refractivity contribution in [2.24, 2.45) is 0 Å². The quantitative estimate of drug-likeness (QED) is 0.604. The molecule has 1 aromatic heterocycles. The van der Waals surface area contributed by atoms with Crippen molar-refractivity contribution in [2.45, 2.75) is 13.3 Å². The van der Waals surface area contributed by atoms with Gasteiger partial charge >= 0.3 is 29.6 Å². The number of carboxylic acids is 1. The van der Waals surface area contributed by atoms with Gasteiger partial charge in [0.05, 0.1) is 34.1 Å². The molecule has 98 valence electrons. The summed E-state index contributed by atoms with van der Waals surface area (Å²) in [6.45, 7) is 1.73. The van der Waals surface area contributed by atoms with Crippen molar-refractivity contribution in [1.29, 1.82) is 0 Å². The first kappa shape index (κ1) is 16.9. The number of aromatic nitrogens is 2. The number of aromatic carboxylic acids is 1. The number of para-hydroxylation sites is 1. The molecule has 0 bridgehead atoms. The fraction of sp³-hybridized carbons (Fsp3) is 0.154. The van der Waals surface area contributed by atoms with Gasteiger partial charge in [0.2, 0.25) is 5.43 Å². The van der Waals surface area contributed by atoms with Gasteiger partial charge in [-0.05, 0) is 18.6 Å². The van der Waals surface area contributed by atoms with Crippen molar-refractivity contribution in [3.05, 3.63) is 57.0 Å². The molecule has 5 nitrogen and oxygen atoms in total. The summed E-state index contributed by atoms with van der Waals surface area (Å²) >= 11 is 6.06. The first-order valence-electron chi connectivity index (χ1n) is 5.63. The van der Waals surface area contributed by atoms with E-state index >= 15 is 0 Å². The van der Waals surface area contributed by atoms with Crippen molar-refractivity contribution < 1.29 is 39.5 Å². The van der Waals surface area contributed by atoms with Gasteiger partial charge in [-0.1, -0.05) is 30.7 Å². The molecule has 0 saturated carbocycles. The maximum Gasteiger partial charge on any atom is 1.00 e. The fourth-order valence-electron chi connectivity index (χ4n) is 1.87. The van der Waals surface area contributed by atoms with Crippen molar-refractivity contribution in [2.75, 3.05) is 0 Å². The molecule has 0 fully saturated rings. The zero-order valence-electron chi connectivity index (χ0n) is 11.1. The number of carbonyl (C=O) groups excluding carboxylic acids is 1. The van der Waals surface area contributed by atoms with Gasteiger partial charge in [0.15, 0.2) is 0 Å². The molecule has 7 heteroatoms. The molecule has 0 aliphatic carbocycles. The number of rotatable bonds is 3. The molecule has 20 heavy (non-hydrogen) atoms. The van der Waals surface area contributed by atoms with Crippen LogP contribution in [0.25, 0.3) is 5.69 Å². The normalized spacial score (nSPS) is 9.90. The standard InChI is InChI=1S/C13H11ClN2O3.Na/c1-2-9-12(13(18)19)11(17)7-15-16(9)10-6-4-3-5-8(10)14;/h3-7H,2H2,1H3,(H,18,19);/q;+1/p-1. The summed E-state index contributed by atoms with van der Waals surface area (Å²) in [6, 6.07) is 6.85. The molecule has 0 radical (unpaired) electrons. The summed E-state index contributed by atoms with van der Waals surface area (Å²) in [6.07, 6.45) is 1.27. The largest absolute Gasteiger partial charge is 1.00 e. The van der Waals surface area contributed by atoms with Crippen molar-refractivity contribution in [1.82, 2.24) is 9.78 Å². The van der Waals surface area contributed by atoms with Crippen LogP contribution in [0.4, 0.5) is 0 Å². The maximum absolute atomic E-state index is 11.6. The average molecular weight is 301 g/mol. The Morgan fingerprint density at radius 1 is 1.40 bits per heavy atom. The summed E-state index contributed by atoms with van der Waals surface area (Å²) in [7, 11) is 0. The molecule has 0 unspecified atom stereocenters. The van der Waals surface area contributed by atoms with E-state index in [1.54, 1.807) is 31.2 Å². The van der Waals surface area contributed by atoms with Gasteiger partial charge in [0.25, 0.3) is 0 Å². The van der Waals surface area contributed by atoms with Crippen molar-refractivity contribution in [3.63, 3.8) is 0 Å². The molecule has 0 N–H and O–H groups in total. The predicted octanol–water partition coefficient (Wildman–Crippen LogP) is -2.18. The van der Waals surface area contributed by atoms with Gasteiger partial charge in [-0.25, -0.2) is 4.68 Å². The summed E-state index contributed by atoms with van der Waals surface area (Å²) in [5, 5.41) is 15.5. The third-order valence-electron chi connectivity index (χ3n) is 2.70. The van der Waals surface area contributed by atoms with E-state index in [-0.39, 0.29) is 40.8 Å². The first-order chi connectivity index (χ1) is 9.06. The number of benzene rings is 1. The zero-order valence-corrected chi connectivity index (χ0v) is 13.8. The monoisotopic (exact) mass is 300 g/mol. The van der Waals surface area contributed by atoms with Crippen molar-refractivity contribution >= 4 is 17.6 Å². The molecule has 0 aliphatic rings. The van der Waals surface area contributed by atoms with Gasteiger partial charge < -0.3 is 9.90 Å². The van der Waals surface area contributed by atoms with Gasteiger partial charge in [0.1, 0.15) is 0 Å². The van der Waals surface area contributed by atoms with E-state index in [0.29, 0.717) is 17.1 Å². The topological polar surface area (TPSA) is 75.0 Å². The summed E-state index contributed by atoms with van der Waals surface area (Å²) in [5.74, 6) is -1.51. The minimum atomic E-state index is -1.51. The van der Waals surface area contributed by atoms with Crippen LogP contribution in [0, 0.1) is 0 Å². The van der Waals surface area contributed by atoms with E-state index in [0.717, 1.165) is 6.20 Å². The van der Waals surface area contributed by atoms with E-state index in [2.05, 4.69) is 5.10 Å². The Morgan fingerprint density at radius 3 is 2.60 bits per heavy atom. The Balaban J connectivity index is 0.00000200. The van der Waals surface area contributed by atoms with Crippen LogP contribution in [0.15, 0.2) is 35.3 Å². The van der Waals surface area contributed by atoms with Gasteiger partial charge in [-0.3, -0.25) is 4.79 Å². The first-order valence-corrected chi connectivity index (χ1v) is 6.01. The van der Waals surface area contributed by atoms with Crippen LogP contribution in [-0.2, 0) is 6.42 Å². The second-order valence-electron chi connectivity index (χ2n) is 3.83. The van der Waals surface area contributed by atoms with E-state index in [1.807, 2.05) is 0 Å². The maximum atomic E-state index is 11.6. The number of hydrogen-bond acceptors (Lipinski definition) is 4. The molecule has 2 rings (SSSR count). The third kappa shape index (κ3) is 3.12. The minimum Gasteiger partial charge on any atom is -0.545 e. The number of carboxylic acid groups (broad SMARTS) is 1. The average Bonchev–Trinajstić information content (AvgIpc) is 2.38. The van der Waals surface area contributed by atoms with Gasteiger partial charge in [0, 0.05) is 0 Å². The Hall–Kier alpha value is -1.14. The van der Waals surface area contributed by atoms with E-state index in [4.69, 9.17) is 11.6 Å². The molecule has 2 aromatic rings. The molecular formula is C13H10ClN2NaO3. The van der Waals surface area contributed by atoms with Gasteiger partial charge in [-0.2, -0.15) is 5.10 Å². The molecule has 0 aliphatic heterocycles. The van der Waals surface area contributed by atoms with Crippen LogP contribution >= 0.6 is 11.6 Å². The van der Waals surface area contributed by atoms with Crippen LogP contribution in [0.3, 0.4) is 0 Å². The number of hydrogen-bond donors (Lipinski definition) is 0. The van der Waals surface area contributed by atoms with Crippen LogP contribution in [0.5, 0.6) is 0 Å². The Labute approximate surface area is 142 Å². The number of halogens is 1.